The summed E-state index contributed by atoms with van der Waals surface area (Å²) < 4.78 is 0. The molecule has 1 rings (SSSR count). The average molecular weight is 296 g/mol. The number of hydrogen-bond donors (Lipinski definition) is 1. The van der Waals surface area contributed by atoms with Crippen molar-refractivity contribution in [2.45, 2.75) is 85.2 Å². The Morgan fingerprint density at radius 3 is 2.38 bits per heavy atom. The van der Waals surface area contributed by atoms with Crippen LogP contribution in [0.2, 0.25) is 0 Å². The molecule has 2 unspecified atom stereocenters. The first-order valence-corrected chi connectivity index (χ1v) is 8.43. The lowest BCUT2D eigenvalue weighted by molar-refractivity contribution is -0.150. The fourth-order valence-electron chi connectivity index (χ4n) is 2.98. The number of piperazine rings is 1. The molecule has 0 spiro atoms. The van der Waals surface area contributed by atoms with Crippen LogP contribution in [0.1, 0.15) is 73.1 Å². The van der Waals surface area contributed by atoms with Gasteiger partial charge in [-0.3, -0.25) is 9.59 Å². The van der Waals surface area contributed by atoms with Gasteiger partial charge in [-0.25, -0.2) is 0 Å². The summed E-state index contributed by atoms with van der Waals surface area (Å²) in [6.07, 6.45) is 6.34. The van der Waals surface area contributed by atoms with Crippen LogP contribution in [0, 0.1) is 5.41 Å². The van der Waals surface area contributed by atoms with E-state index in [4.69, 9.17) is 0 Å². The van der Waals surface area contributed by atoms with E-state index in [1.807, 2.05) is 13.8 Å². The summed E-state index contributed by atoms with van der Waals surface area (Å²) in [6.45, 7) is 11.1. The number of hydrogen-bond acceptors (Lipinski definition) is 2. The number of nitrogens with zero attached hydrogens (tertiary/aromatic N) is 1. The third-order valence-electron chi connectivity index (χ3n) is 4.38. The Morgan fingerprint density at radius 2 is 1.81 bits per heavy atom. The van der Waals surface area contributed by atoms with Gasteiger partial charge in [-0.05, 0) is 25.2 Å². The van der Waals surface area contributed by atoms with Crippen LogP contribution in [-0.2, 0) is 9.59 Å². The fraction of sp³-hybridized carbons (Fsp3) is 0.882. The fourth-order valence-corrected chi connectivity index (χ4v) is 2.98. The maximum absolute atomic E-state index is 12.6. The van der Waals surface area contributed by atoms with Crippen molar-refractivity contribution in [3.05, 3.63) is 0 Å². The summed E-state index contributed by atoms with van der Waals surface area (Å²) in [5.41, 5.74) is 0.0630. The summed E-state index contributed by atoms with van der Waals surface area (Å²) in [4.78, 5) is 26.5. The first kappa shape index (κ1) is 18.0. The van der Waals surface area contributed by atoms with Crippen molar-refractivity contribution in [2.75, 3.05) is 6.54 Å². The van der Waals surface area contributed by atoms with E-state index in [1.54, 1.807) is 4.90 Å². The molecule has 1 fully saturated rings. The van der Waals surface area contributed by atoms with Gasteiger partial charge in [-0.1, -0.05) is 53.4 Å². The standard InChI is InChI=1S/C17H32N2O2/c1-6-8-9-11-17(4,5)12-19-13(3)15(20)18-14(10-7-2)16(19)21/h13-14H,6-12H2,1-5H3,(H,18,20). The van der Waals surface area contributed by atoms with Gasteiger partial charge in [0, 0.05) is 6.54 Å². The van der Waals surface area contributed by atoms with Gasteiger partial charge >= 0.3 is 0 Å². The second kappa shape index (κ2) is 7.81. The molecule has 4 heteroatoms. The van der Waals surface area contributed by atoms with E-state index in [9.17, 15) is 9.59 Å². The van der Waals surface area contributed by atoms with E-state index in [0.29, 0.717) is 6.54 Å². The lowest BCUT2D eigenvalue weighted by atomic mass is 9.85. The Bertz CT molecular complexity index is 366. The Balaban J connectivity index is 2.72. The minimum Gasteiger partial charge on any atom is -0.343 e. The predicted octanol–water partition coefficient (Wildman–Crippen LogP) is 3.11. The van der Waals surface area contributed by atoms with E-state index in [-0.39, 0.29) is 29.3 Å². The number of nitrogens with one attached hydrogen (secondary N) is 1. The monoisotopic (exact) mass is 296 g/mol. The topological polar surface area (TPSA) is 49.4 Å². The second-order valence-electron chi connectivity index (χ2n) is 7.11. The highest BCUT2D eigenvalue weighted by atomic mass is 16.2. The number of rotatable bonds is 8. The maximum atomic E-state index is 12.6. The van der Waals surface area contributed by atoms with Gasteiger partial charge in [-0.15, -0.1) is 0 Å². The van der Waals surface area contributed by atoms with Crippen LogP contribution in [0.5, 0.6) is 0 Å². The summed E-state index contributed by atoms with van der Waals surface area (Å²) in [6, 6.07) is -0.679. The largest absolute Gasteiger partial charge is 0.343 e. The first-order valence-electron chi connectivity index (χ1n) is 8.43. The molecule has 21 heavy (non-hydrogen) atoms. The molecular formula is C17H32N2O2. The zero-order valence-corrected chi connectivity index (χ0v) is 14.4. The Labute approximate surface area is 129 Å². The van der Waals surface area contributed by atoms with Crippen LogP contribution < -0.4 is 5.32 Å². The van der Waals surface area contributed by atoms with Gasteiger partial charge < -0.3 is 10.2 Å². The van der Waals surface area contributed by atoms with Gasteiger partial charge in [-0.2, -0.15) is 0 Å². The average Bonchev–Trinajstić information content (AvgIpc) is 2.41. The minimum atomic E-state index is -0.351. The molecule has 2 atom stereocenters. The third kappa shape index (κ3) is 5.01. The molecule has 0 aromatic carbocycles. The molecule has 0 aliphatic carbocycles. The van der Waals surface area contributed by atoms with E-state index < -0.39 is 0 Å². The van der Waals surface area contributed by atoms with Crippen molar-refractivity contribution < 1.29 is 9.59 Å². The molecule has 1 aliphatic rings. The molecule has 0 radical (unpaired) electrons. The van der Waals surface area contributed by atoms with Crippen molar-refractivity contribution in [3.8, 4) is 0 Å². The van der Waals surface area contributed by atoms with E-state index in [1.165, 1.54) is 19.3 Å². The summed E-state index contributed by atoms with van der Waals surface area (Å²) in [5, 5.41) is 2.85. The van der Waals surface area contributed by atoms with Crippen LogP contribution in [0.4, 0.5) is 0 Å². The molecular weight excluding hydrogens is 264 g/mol. The number of carbonyl (C=O) groups is 2. The molecule has 1 N–H and O–H groups in total. The Hall–Kier alpha value is -1.06. The summed E-state index contributed by atoms with van der Waals surface area (Å²) in [5.74, 6) is 0.0740. The maximum Gasteiger partial charge on any atom is 0.245 e. The molecule has 1 heterocycles. The summed E-state index contributed by atoms with van der Waals surface area (Å²) >= 11 is 0. The predicted molar refractivity (Wildman–Crippen MR) is 85.9 cm³/mol. The van der Waals surface area contributed by atoms with Crippen molar-refractivity contribution in [1.29, 1.82) is 0 Å². The Morgan fingerprint density at radius 1 is 1.14 bits per heavy atom. The molecule has 1 saturated heterocycles. The van der Waals surface area contributed by atoms with Crippen LogP contribution in [0.25, 0.3) is 0 Å². The van der Waals surface area contributed by atoms with Crippen molar-refractivity contribution >= 4 is 11.8 Å². The van der Waals surface area contributed by atoms with Crippen molar-refractivity contribution in [3.63, 3.8) is 0 Å². The normalized spacial score (nSPS) is 23.4. The quantitative estimate of drug-likeness (QED) is 0.700. The van der Waals surface area contributed by atoms with Crippen LogP contribution in [-0.4, -0.2) is 35.3 Å². The smallest absolute Gasteiger partial charge is 0.245 e. The van der Waals surface area contributed by atoms with Gasteiger partial charge in [0.25, 0.3) is 0 Å². The number of carbonyl (C=O) groups excluding carboxylic acids is 2. The van der Waals surface area contributed by atoms with Crippen molar-refractivity contribution in [2.24, 2.45) is 5.41 Å². The van der Waals surface area contributed by atoms with Gasteiger partial charge in [0.15, 0.2) is 0 Å². The number of amides is 2. The molecule has 0 saturated carbocycles. The van der Waals surface area contributed by atoms with E-state index in [2.05, 4.69) is 26.1 Å². The second-order valence-corrected chi connectivity index (χ2v) is 7.11. The minimum absolute atomic E-state index is 0.0163. The van der Waals surface area contributed by atoms with Crippen LogP contribution in [0.3, 0.4) is 0 Å². The first-order chi connectivity index (χ1) is 9.82. The van der Waals surface area contributed by atoms with Gasteiger partial charge in [0.05, 0.1) is 0 Å². The van der Waals surface area contributed by atoms with Gasteiger partial charge in [0.1, 0.15) is 12.1 Å². The molecule has 1 aliphatic heterocycles. The highest BCUT2D eigenvalue weighted by molar-refractivity contribution is 5.96. The zero-order chi connectivity index (χ0) is 16.0. The highest BCUT2D eigenvalue weighted by Gasteiger charge is 2.39. The molecule has 122 valence electrons. The molecule has 0 aromatic rings. The zero-order valence-electron chi connectivity index (χ0n) is 14.4. The lowest BCUT2D eigenvalue weighted by Crippen LogP contribution is -2.63. The third-order valence-corrected chi connectivity index (χ3v) is 4.38. The lowest BCUT2D eigenvalue weighted by Gasteiger charge is -2.41. The summed E-state index contributed by atoms with van der Waals surface area (Å²) in [7, 11) is 0. The molecule has 0 bridgehead atoms. The molecule has 2 amide bonds. The highest BCUT2D eigenvalue weighted by Crippen LogP contribution is 2.27. The Kier molecular flexibility index (Phi) is 6.69. The SMILES string of the molecule is CCCCCC(C)(C)CN1C(=O)C(CCC)NC(=O)C1C. The van der Waals surface area contributed by atoms with Crippen LogP contribution in [0.15, 0.2) is 0 Å². The molecule has 0 aromatic heterocycles. The van der Waals surface area contributed by atoms with Crippen LogP contribution >= 0.6 is 0 Å². The molecule has 4 nitrogen and oxygen atoms in total. The van der Waals surface area contributed by atoms with E-state index >= 15 is 0 Å². The van der Waals surface area contributed by atoms with Gasteiger partial charge in [0.2, 0.25) is 11.8 Å². The van der Waals surface area contributed by atoms with Crippen molar-refractivity contribution in [1.82, 2.24) is 10.2 Å². The van der Waals surface area contributed by atoms with E-state index in [0.717, 1.165) is 19.3 Å². The number of unbranched alkanes of at least 4 members (excludes halogenated alkanes) is 2.